The van der Waals surface area contributed by atoms with Gasteiger partial charge in [0, 0.05) is 21.1 Å². The summed E-state index contributed by atoms with van der Waals surface area (Å²) in [6, 6.07) is 0. The molecule has 0 aromatic carbocycles. The van der Waals surface area contributed by atoms with Gasteiger partial charge in [-0.3, -0.25) is 0 Å². The molecule has 0 rings (SSSR count). The van der Waals surface area contributed by atoms with Crippen molar-refractivity contribution in [2.75, 3.05) is 52.4 Å². The fraction of sp³-hybridized carbons (Fsp3) is 1.00. The van der Waals surface area contributed by atoms with Gasteiger partial charge >= 0.3 is 0 Å². The van der Waals surface area contributed by atoms with E-state index in [1.54, 1.807) is 0 Å². The zero-order valence-corrected chi connectivity index (χ0v) is 26.4. The first-order chi connectivity index (χ1) is 8.49. The Labute approximate surface area is 204 Å². The van der Waals surface area contributed by atoms with E-state index in [0.29, 0.717) is 0 Å². The summed E-state index contributed by atoms with van der Waals surface area (Å²) in [5.41, 5.74) is 0. The molecule has 0 spiro atoms. The van der Waals surface area contributed by atoms with Crippen molar-refractivity contribution in [3.05, 3.63) is 0 Å². The molecule has 0 unspecified atom stereocenters. The number of quaternary nitrogens is 2. The summed E-state index contributed by atoms with van der Waals surface area (Å²) < 4.78 is 2.56. The molecule has 2 nitrogen and oxygen atoms in total. The molecule has 150 valence electrons. The molecular formula is C16H40N2Se4W-6. The fourth-order valence-electron chi connectivity index (χ4n) is 2.68. The van der Waals surface area contributed by atoms with Gasteiger partial charge in [0.05, 0.1) is 52.4 Å². The smallest absolute Gasteiger partial charge is 0.0757 e. The Bertz CT molecular complexity index is 136. The monoisotopic (exact) mass is 764 g/mol. The third-order valence-corrected chi connectivity index (χ3v) is 5.37. The van der Waals surface area contributed by atoms with Crippen molar-refractivity contribution in [3.8, 4) is 0 Å². The van der Waals surface area contributed by atoms with Gasteiger partial charge in [0.25, 0.3) is 0 Å². The van der Waals surface area contributed by atoms with E-state index >= 15 is 0 Å². The van der Waals surface area contributed by atoms with E-state index in [4.69, 9.17) is 0 Å². The van der Waals surface area contributed by atoms with Crippen molar-refractivity contribution in [1.29, 1.82) is 0 Å². The van der Waals surface area contributed by atoms with Gasteiger partial charge < -0.3 is 77.2 Å². The Hall–Kier alpha value is 2.69. The third-order valence-electron chi connectivity index (χ3n) is 5.37. The first-order valence-electron chi connectivity index (χ1n) is 8.19. The van der Waals surface area contributed by atoms with Crippen LogP contribution in [0.3, 0.4) is 0 Å². The molecule has 7 heteroatoms. The Kier molecular flexibility index (Phi) is 52.5. The minimum atomic E-state index is 0. The topological polar surface area (TPSA) is 0 Å². The predicted molar refractivity (Wildman–Crippen MR) is 108 cm³/mol. The molecule has 0 fully saturated rings. The minimum absolute atomic E-state index is 0. The molecule has 0 heterocycles. The van der Waals surface area contributed by atoms with Gasteiger partial charge in [-0.05, 0) is 55.4 Å². The normalized spacial score (nSPS) is 9.39. The van der Waals surface area contributed by atoms with E-state index in [1.165, 1.54) is 61.3 Å². The van der Waals surface area contributed by atoms with Gasteiger partial charge in [0.15, 0.2) is 0 Å². The molecule has 23 heavy (non-hydrogen) atoms. The molecule has 0 atom stereocenters. The standard InChI is InChI=1S/2C8H20N.4Se.W/c2*1-5-9(6-2,7-3)8-4;;;;;/h2*5-8H2,1-4H3;;;;;/q2*+1;4*-2;. The van der Waals surface area contributed by atoms with Crippen LogP contribution in [0.1, 0.15) is 55.4 Å². The summed E-state index contributed by atoms with van der Waals surface area (Å²) in [6.45, 7) is 28.4. The second-order valence-corrected chi connectivity index (χ2v) is 5.21. The van der Waals surface area contributed by atoms with Gasteiger partial charge in [-0.2, -0.15) is 0 Å². The largest absolute Gasteiger partial charge is 2.00 e. The van der Waals surface area contributed by atoms with Crippen LogP contribution >= 0.6 is 0 Å². The second kappa shape index (κ2) is 26.9. The zero-order valence-electron chi connectivity index (χ0n) is 16.6. The van der Waals surface area contributed by atoms with Gasteiger partial charge in [0.1, 0.15) is 0 Å². The van der Waals surface area contributed by atoms with Crippen molar-refractivity contribution < 1.29 is 30.0 Å². The number of rotatable bonds is 8. The predicted octanol–water partition coefficient (Wildman–Crippen LogP) is 2.24. The maximum absolute atomic E-state index is 2.27. The van der Waals surface area contributed by atoms with Gasteiger partial charge in [-0.1, -0.05) is 0 Å². The maximum atomic E-state index is 2.27. The molecule has 0 radical (unpaired) electrons. The van der Waals surface area contributed by atoms with Crippen LogP contribution in [-0.4, -0.2) is 130 Å². The second-order valence-electron chi connectivity index (χ2n) is 5.21. The van der Waals surface area contributed by atoms with Crippen LogP contribution in [0, 0.1) is 0 Å². The minimum Gasteiger partial charge on any atom is -2.00 e. The molecule has 0 bridgehead atoms. The van der Waals surface area contributed by atoms with E-state index in [2.05, 4.69) is 55.4 Å². The maximum Gasteiger partial charge on any atom is 0.0757 e. The van der Waals surface area contributed by atoms with Crippen molar-refractivity contribution in [1.82, 2.24) is 0 Å². The number of hydrogen-bond acceptors (Lipinski definition) is 0. The van der Waals surface area contributed by atoms with E-state index < -0.39 is 0 Å². The molecule has 0 aromatic rings. The van der Waals surface area contributed by atoms with Crippen LogP contribution in [0.4, 0.5) is 0 Å². The number of hydrogen-bond donors (Lipinski definition) is 0. The molecule has 0 N–H and O–H groups in total. The van der Waals surface area contributed by atoms with Crippen LogP contribution < -0.4 is 0 Å². The van der Waals surface area contributed by atoms with Crippen LogP contribution in [0.25, 0.3) is 0 Å². The SMILES string of the molecule is CC[N+](CC)(CC)CC.CC[N+](CC)(CC)CC.[Se-2].[Se-2].[Se-2].[Se-2].[W]. The van der Waals surface area contributed by atoms with E-state index in [9.17, 15) is 0 Å². The fourth-order valence-corrected chi connectivity index (χ4v) is 2.68. The van der Waals surface area contributed by atoms with Crippen molar-refractivity contribution in [3.63, 3.8) is 0 Å². The van der Waals surface area contributed by atoms with E-state index in [1.807, 2.05) is 0 Å². The molecule has 0 saturated heterocycles. The summed E-state index contributed by atoms with van der Waals surface area (Å²) in [7, 11) is 0. The summed E-state index contributed by atoms with van der Waals surface area (Å²) in [5, 5.41) is 0. The van der Waals surface area contributed by atoms with Crippen LogP contribution in [0.15, 0.2) is 0 Å². The molecule has 0 amide bonds. The van der Waals surface area contributed by atoms with Gasteiger partial charge in [0.2, 0.25) is 0 Å². The molecule has 0 aliphatic carbocycles. The Morgan fingerprint density at radius 2 is 0.435 bits per heavy atom. The Morgan fingerprint density at radius 1 is 0.348 bits per heavy atom. The van der Waals surface area contributed by atoms with Crippen LogP contribution in [0.2, 0.25) is 0 Å². The van der Waals surface area contributed by atoms with Crippen molar-refractivity contribution in [2.45, 2.75) is 55.4 Å². The Balaban J connectivity index is -0.0000000366. The first kappa shape index (κ1) is 44.8. The van der Waals surface area contributed by atoms with Crippen LogP contribution in [-0.2, 0) is 21.1 Å². The molecule has 0 saturated carbocycles. The zero-order chi connectivity index (χ0) is 14.7. The summed E-state index contributed by atoms with van der Waals surface area (Å²) in [4.78, 5) is 0. The van der Waals surface area contributed by atoms with Crippen molar-refractivity contribution >= 4 is 68.3 Å². The average molecular weight is 760 g/mol. The molecule has 0 aliphatic rings. The number of nitrogens with zero attached hydrogens (tertiary/aromatic N) is 2. The quantitative estimate of drug-likeness (QED) is 0.264. The van der Waals surface area contributed by atoms with E-state index in [0.717, 1.165) is 0 Å². The molecule has 0 aromatic heterocycles. The van der Waals surface area contributed by atoms with Gasteiger partial charge in [-0.15, -0.1) is 0 Å². The molecular weight excluding hydrogens is 720 g/mol. The summed E-state index contributed by atoms with van der Waals surface area (Å²) in [5.74, 6) is 0. The van der Waals surface area contributed by atoms with Gasteiger partial charge in [-0.25, -0.2) is 0 Å². The first-order valence-corrected chi connectivity index (χ1v) is 8.19. The van der Waals surface area contributed by atoms with Crippen LogP contribution in [0.5, 0.6) is 0 Å². The van der Waals surface area contributed by atoms with E-state index in [-0.39, 0.29) is 89.3 Å². The summed E-state index contributed by atoms with van der Waals surface area (Å²) in [6.07, 6.45) is 0. The Morgan fingerprint density at radius 3 is 0.435 bits per heavy atom. The summed E-state index contributed by atoms with van der Waals surface area (Å²) >= 11 is 0. The van der Waals surface area contributed by atoms with Crippen molar-refractivity contribution in [2.24, 2.45) is 0 Å². The average Bonchev–Trinajstić information content (AvgIpc) is 2.46. The third kappa shape index (κ3) is 17.8. The molecule has 0 aliphatic heterocycles.